The predicted octanol–water partition coefficient (Wildman–Crippen LogP) is 2.45. The minimum atomic E-state index is -3.82. The zero-order chi connectivity index (χ0) is 18.6. The lowest BCUT2D eigenvalue weighted by Crippen LogP contribution is -2.30. The summed E-state index contributed by atoms with van der Waals surface area (Å²) < 4.78 is 27.6. The van der Waals surface area contributed by atoms with Crippen molar-refractivity contribution in [1.82, 2.24) is 0 Å². The average Bonchev–Trinajstić information content (AvgIpc) is 2.67. The summed E-state index contributed by atoms with van der Waals surface area (Å²) in [7, 11) is -3.82. The molecule has 0 spiro atoms. The lowest BCUT2D eigenvalue weighted by atomic mass is 10.2. The van der Waals surface area contributed by atoms with Crippen LogP contribution in [0.5, 0.6) is 0 Å². The molecule has 5 nitrogen and oxygen atoms in total. The Morgan fingerprint density at radius 2 is 1.35 bits per heavy atom. The van der Waals surface area contributed by atoms with Crippen LogP contribution in [0.15, 0.2) is 89.8 Å². The third-order valence-corrected chi connectivity index (χ3v) is 5.68. The van der Waals surface area contributed by atoms with Gasteiger partial charge in [-0.1, -0.05) is 60.7 Å². The molecule has 0 radical (unpaired) electrons. The number of sulfonamides is 1. The molecular weight excluding hydrogens is 350 g/mol. The molecule has 0 heterocycles. The highest BCUT2D eigenvalue weighted by Gasteiger charge is 2.25. The van der Waals surface area contributed by atoms with Crippen molar-refractivity contribution in [3.05, 3.63) is 96.1 Å². The van der Waals surface area contributed by atoms with E-state index in [-0.39, 0.29) is 17.0 Å². The highest BCUT2D eigenvalue weighted by molar-refractivity contribution is 7.92. The standard InChI is InChI=1S/C20H17NO4S/c22-20(23)17-11-13-18(14-12-17)21(15-16-7-3-1-4-8-16)26(24,25)19-9-5-2-6-10-19/h1-14H,15H2,(H,22,23)/p-1. The number of carboxylic acid groups (broad SMARTS) is 1. The largest absolute Gasteiger partial charge is 0.545 e. The molecule has 0 bridgehead atoms. The van der Waals surface area contributed by atoms with Gasteiger partial charge < -0.3 is 9.90 Å². The van der Waals surface area contributed by atoms with Gasteiger partial charge in [-0.15, -0.1) is 0 Å². The number of rotatable bonds is 6. The van der Waals surface area contributed by atoms with E-state index in [1.54, 1.807) is 18.2 Å². The summed E-state index contributed by atoms with van der Waals surface area (Å²) in [4.78, 5) is 11.1. The molecule has 0 saturated carbocycles. The first-order chi connectivity index (χ1) is 12.5. The van der Waals surface area contributed by atoms with Crippen LogP contribution < -0.4 is 9.41 Å². The number of anilines is 1. The summed E-state index contributed by atoms with van der Waals surface area (Å²) in [5.41, 5.74) is 1.18. The Kier molecular flexibility index (Phi) is 5.04. The summed E-state index contributed by atoms with van der Waals surface area (Å²) in [6.45, 7) is 0.128. The van der Waals surface area contributed by atoms with E-state index in [1.807, 2.05) is 30.3 Å². The van der Waals surface area contributed by atoms with Crippen LogP contribution in [0.4, 0.5) is 5.69 Å². The van der Waals surface area contributed by atoms with Crippen LogP contribution >= 0.6 is 0 Å². The minimum Gasteiger partial charge on any atom is -0.545 e. The number of hydrogen-bond donors (Lipinski definition) is 0. The zero-order valence-corrected chi connectivity index (χ0v) is 14.6. The molecule has 6 heteroatoms. The SMILES string of the molecule is O=C([O-])c1ccc(N(Cc2ccccc2)S(=O)(=O)c2ccccc2)cc1. The highest BCUT2D eigenvalue weighted by Crippen LogP contribution is 2.26. The molecule has 0 atom stereocenters. The maximum absolute atomic E-state index is 13.2. The van der Waals surface area contributed by atoms with Crippen LogP contribution in [0.2, 0.25) is 0 Å². The predicted molar refractivity (Wildman–Crippen MR) is 97.0 cm³/mol. The first-order valence-corrected chi connectivity index (χ1v) is 9.35. The van der Waals surface area contributed by atoms with Gasteiger partial charge in [-0.3, -0.25) is 4.31 Å². The molecule has 0 N–H and O–H groups in total. The number of benzene rings is 3. The fraction of sp³-hybridized carbons (Fsp3) is 0.0500. The van der Waals surface area contributed by atoms with Gasteiger partial charge in [0.15, 0.2) is 0 Å². The van der Waals surface area contributed by atoms with Crippen molar-refractivity contribution in [2.24, 2.45) is 0 Å². The summed E-state index contributed by atoms with van der Waals surface area (Å²) in [6.07, 6.45) is 0. The highest BCUT2D eigenvalue weighted by atomic mass is 32.2. The van der Waals surface area contributed by atoms with E-state index >= 15 is 0 Å². The van der Waals surface area contributed by atoms with E-state index in [0.29, 0.717) is 5.69 Å². The molecule has 132 valence electrons. The maximum atomic E-state index is 13.2. The topological polar surface area (TPSA) is 77.5 Å². The van der Waals surface area contributed by atoms with Gasteiger partial charge >= 0.3 is 0 Å². The third-order valence-electron chi connectivity index (χ3n) is 3.89. The van der Waals surface area contributed by atoms with Crippen LogP contribution in [-0.4, -0.2) is 14.4 Å². The van der Waals surface area contributed by atoms with Gasteiger partial charge in [-0.05, 0) is 35.4 Å². The minimum absolute atomic E-state index is 0.00878. The van der Waals surface area contributed by atoms with Crippen molar-refractivity contribution in [3.8, 4) is 0 Å². The van der Waals surface area contributed by atoms with Crippen LogP contribution in [-0.2, 0) is 16.6 Å². The fourth-order valence-corrected chi connectivity index (χ4v) is 4.02. The van der Waals surface area contributed by atoms with Gasteiger partial charge in [-0.25, -0.2) is 8.42 Å². The summed E-state index contributed by atoms with van der Waals surface area (Å²) in [5.74, 6) is -1.31. The molecule has 3 aromatic rings. The zero-order valence-electron chi connectivity index (χ0n) is 13.8. The van der Waals surface area contributed by atoms with Crippen LogP contribution in [0, 0.1) is 0 Å². The van der Waals surface area contributed by atoms with E-state index in [4.69, 9.17) is 0 Å². The van der Waals surface area contributed by atoms with Gasteiger partial charge in [0.05, 0.1) is 23.1 Å². The number of nitrogens with zero attached hydrogens (tertiary/aromatic N) is 1. The van der Waals surface area contributed by atoms with E-state index in [1.165, 1.54) is 40.7 Å². The van der Waals surface area contributed by atoms with Gasteiger partial charge in [0.2, 0.25) is 0 Å². The monoisotopic (exact) mass is 366 g/mol. The molecule has 26 heavy (non-hydrogen) atoms. The first-order valence-electron chi connectivity index (χ1n) is 7.91. The van der Waals surface area contributed by atoms with Gasteiger partial charge in [0, 0.05) is 0 Å². The average molecular weight is 366 g/mol. The summed E-state index contributed by atoms with van der Waals surface area (Å²) in [6, 6.07) is 22.9. The maximum Gasteiger partial charge on any atom is 0.264 e. The van der Waals surface area contributed by atoms with E-state index in [0.717, 1.165) is 5.56 Å². The van der Waals surface area contributed by atoms with Crippen molar-refractivity contribution in [2.75, 3.05) is 4.31 Å². The van der Waals surface area contributed by atoms with Crippen molar-refractivity contribution < 1.29 is 18.3 Å². The molecule has 0 aliphatic rings. The molecular formula is C20H16NO4S-. The lowest BCUT2D eigenvalue weighted by molar-refractivity contribution is -0.255. The van der Waals surface area contributed by atoms with E-state index in [2.05, 4.69) is 0 Å². The van der Waals surface area contributed by atoms with Crippen molar-refractivity contribution in [3.63, 3.8) is 0 Å². The molecule has 0 aromatic heterocycles. The first kappa shape index (κ1) is 17.7. The molecule has 0 unspecified atom stereocenters. The summed E-state index contributed by atoms with van der Waals surface area (Å²) >= 11 is 0. The normalized spacial score (nSPS) is 11.1. The van der Waals surface area contributed by atoms with Gasteiger partial charge in [-0.2, -0.15) is 0 Å². The molecule has 0 saturated heterocycles. The molecule has 0 fully saturated rings. The lowest BCUT2D eigenvalue weighted by Gasteiger charge is -2.25. The molecule has 3 aromatic carbocycles. The van der Waals surface area contributed by atoms with Crippen molar-refractivity contribution >= 4 is 21.7 Å². The Morgan fingerprint density at radius 1 is 0.808 bits per heavy atom. The second-order valence-corrected chi connectivity index (χ2v) is 7.51. The summed E-state index contributed by atoms with van der Waals surface area (Å²) in [5, 5.41) is 10.9. The number of hydrogen-bond acceptors (Lipinski definition) is 4. The smallest absolute Gasteiger partial charge is 0.264 e. The fourth-order valence-electron chi connectivity index (χ4n) is 2.55. The number of carbonyl (C=O) groups excluding carboxylic acids is 1. The van der Waals surface area contributed by atoms with Crippen LogP contribution in [0.25, 0.3) is 0 Å². The van der Waals surface area contributed by atoms with Crippen LogP contribution in [0.3, 0.4) is 0 Å². The van der Waals surface area contributed by atoms with Crippen molar-refractivity contribution in [1.29, 1.82) is 0 Å². The van der Waals surface area contributed by atoms with Crippen LogP contribution in [0.1, 0.15) is 15.9 Å². The quantitative estimate of drug-likeness (QED) is 0.671. The second kappa shape index (κ2) is 7.41. The molecule has 3 rings (SSSR count). The number of aromatic carboxylic acids is 1. The Balaban J connectivity index is 2.06. The molecule has 0 amide bonds. The Morgan fingerprint density at radius 3 is 1.88 bits per heavy atom. The number of carbonyl (C=O) groups is 1. The number of carboxylic acids is 1. The Bertz CT molecular complexity index is 985. The Labute approximate surface area is 152 Å². The van der Waals surface area contributed by atoms with E-state index in [9.17, 15) is 18.3 Å². The molecule has 0 aliphatic heterocycles. The van der Waals surface area contributed by atoms with Gasteiger partial charge in [0.25, 0.3) is 10.0 Å². The molecule has 0 aliphatic carbocycles. The van der Waals surface area contributed by atoms with Gasteiger partial charge in [0.1, 0.15) is 0 Å². The third kappa shape index (κ3) is 3.75. The Hall–Kier alpha value is -3.12. The second-order valence-electron chi connectivity index (χ2n) is 5.64. The van der Waals surface area contributed by atoms with E-state index < -0.39 is 16.0 Å². The van der Waals surface area contributed by atoms with Crippen molar-refractivity contribution in [2.45, 2.75) is 11.4 Å².